The highest BCUT2D eigenvalue weighted by Gasteiger charge is 2.31. The summed E-state index contributed by atoms with van der Waals surface area (Å²) in [6.07, 6.45) is 0. The van der Waals surface area contributed by atoms with Crippen LogP contribution in [-0.4, -0.2) is 54.1 Å². The van der Waals surface area contributed by atoms with Gasteiger partial charge < -0.3 is 19.5 Å². The molecule has 0 aliphatic heterocycles. The number of esters is 2. The molecular weight excluding hydrogens is 524 g/mol. The van der Waals surface area contributed by atoms with E-state index in [2.05, 4.69) is 5.32 Å². The zero-order valence-electron chi connectivity index (χ0n) is 22.5. The van der Waals surface area contributed by atoms with Crippen LogP contribution in [0.25, 0.3) is 0 Å². The fourth-order valence-corrected chi connectivity index (χ4v) is 5.66. The van der Waals surface area contributed by atoms with Gasteiger partial charge in [0.05, 0.1) is 38.1 Å². The van der Waals surface area contributed by atoms with Crippen LogP contribution in [0.4, 0.5) is 11.4 Å². The van der Waals surface area contributed by atoms with Crippen LogP contribution in [0, 0.1) is 20.8 Å². The first-order valence-corrected chi connectivity index (χ1v) is 13.2. The lowest BCUT2D eigenvalue weighted by molar-refractivity contribution is -0.114. The summed E-state index contributed by atoms with van der Waals surface area (Å²) in [7, 11) is -0.570. The van der Waals surface area contributed by atoms with Crippen LogP contribution < -0.4 is 14.4 Å². The van der Waals surface area contributed by atoms with E-state index < -0.39 is 34.4 Å². The second-order valence-electron chi connectivity index (χ2n) is 8.84. The van der Waals surface area contributed by atoms with Gasteiger partial charge in [0.25, 0.3) is 10.0 Å². The van der Waals surface area contributed by atoms with Crippen LogP contribution in [0.1, 0.15) is 37.4 Å². The quantitative estimate of drug-likeness (QED) is 0.393. The van der Waals surface area contributed by atoms with Gasteiger partial charge in [-0.3, -0.25) is 9.10 Å². The molecule has 0 radical (unpaired) electrons. The Kier molecular flexibility index (Phi) is 8.97. The molecule has 0 atom stereocenters. The first kappa shape index (κ1) is 29.2. The second kappa shape index (κ2) is 12.0. The Morgan fingerprint density at radius 1 is 0.769 bits per heavy atom. The third-order valence-electron chi connectivity index (χ3n) is 5.73. The van der Waals surface area contributed by atoms with E-state index in [1.807, 2.05) is 19.9 Å². The van der Waals surface area contributed by atoms with Gasteiger partial charge in [0.2, 0.25) is 5.91 Å². The van der Waals surface area contributed by atoms with E-state index in [4.69, 9.17) is 14.2 Å². The van der Waals surface area contributed by atoms with Crippen LogP contribution >= 0.6 is 0 Å². The van der Waals surface area contributed by atoms with Crippen LogP contribution in [0.5, 0.6) is 5.75 Å². The highest BCUT2D eigenvalue weighted by Crippen LogP contribution is 2.32. The fourth-order valence-electron chi connectivity index (χ4n) is 4.02. The molecule has 0 unspecified atom stereocenters. The Morgan fingerprint density at radius 3 is 1.85 bits per heavy atom. The Labute approximate surface area is 227 Å². The van der Waals surface area contributed by atoms with Gasteiger partial charge in [0.15, 0.2) is 0 Å². The first-order valence-electron chi connectivity index (χ1n) is 11.8. The van der Waals surface area contributed by atoms with Crippen molar-refractivity contribution in [2.45, 2.75) is 25.7 Å². The Hall–Kier alpha value is -4.38. The van der Waals surface area contributed by atoms with Crippen molar-refractivity contribution in [3.63, 3.8) is 0 Å². The maximum Gasteiger partial charge on any atom is 0.337 e. The van der Waals surface area contributed by atoms with Gasteiger partial charge in [-0.2, -0.15) is 0 Å². The Bertz CT molecular complexity index is 1480. The zero-order valence-corrected chi connectivity index (χ0v) is 23.3. The number of benzene rings is 3. The van der Waals surface area contributed by atoms with E-state index >= 15 is 0 Å². The van der Waals surface area contributed by atoms with Crippen LogP contribution in [0.15, 0.2) is 59.5 Å². The topological polar surface area (TPSA) is 128 Å². The lowest BCUT2D eigenvalue weighted by Crippen LogP contribution is -2.38. The summed E-state index contributed by atoms with van der Waals surface area (Å²) in [6, 6.07) is 13.8. The van der Waals surface area contributed by atoms with Gasteiger partial charge in [-0.05, 0) is 79.9 Å². The van der Waals surface area contributed by atoms with E-state index in [1.165, 1.54) is 45.6 Å². The average molecular weight is 555 g/mol. The molecule has 3 aromatic carbocycles. The maximum atomic E-state index is 14.0. The minimum atomic E-state index is -4.29. The molecule has 1 amide bonds. The molecule has 39 heavy (non-hydrogen) atoms. The predicted molar refractivity (Wildman–Crippen MR) is 146 cm³/mol. The number of methoxy groups -OCH3 is 3. The number of sulfonamides is 1. The van der Waals surface area contributed by atoms with Crippen LogP contribution in [0.2, 0.25) is 0 Å². The van der Waals surface area contributed by atoms with Crippen molar-refractivity contribution in [2.75, 3.05) is 37.5 Å². The molecule has 11 heteroatoms. The standard InChI is InChI=1S/C28H30N2O8S/c1-17-7-8-24(36-4)25(12-17)39(34,35)30(23-10-18(2)9-19(3)11-23)16-26(31)29-22-14-20(27(32)37-5)13-21(15-22)28(33)38-6/h7-15H,16H2,1-6H3,(H,29,31). The molecule has 0 fully saturated rings. The van der Waals surface area contributed by atoms with Crippen molar-refractivity contribution in [3.05, 3.63) is 82.4 Å². The van der Waals surface area contributed by atoms with Crippen molar-refractivity contribution in [1.29, 1.82) is 0 Å². The van der Waals surface area contributed by atoms with E-state index in [9.17, 15) is 22.8 Å². The minimum Gasteiger partial charge on any atom is -0.495 e. The van der Waals surface area contributed by atoms with Crippen molar-refractivity contribution >= 4 is 39.2 Å². The first-order chi connectivity index (χ1) is 18.4. The number of aryl methyl sites for hydroxylation is 3. The predicted octanol–water partition coefficient (Wildman–Crippen LogP) is 4.03. The van der Waals surface area contributed by atoms with Gasteiger partial charge in [0.1, 0.15) is 17.2 Å². The average Bonchev–Trinajstić information content (AvgIpc) is 2.89. The number of carbonyl (C=O) groups is 3. The van der Waals surface area contributed by atoms with Gasteiger partial charge >= 0.3 is 11.9 Å². The Morgan fingerprint density at radius 2 is 1.33 bits per heavy atom. The largest absolute Gasteiger partial charge is 0.495 e. The normalized spacial score (nSPS) is 10.9. The SMILES string of the molecule is COC(=O)c1cc(NC(=O)CN(c2cc(C)cc(C)c2)S(=O)(=O)c2cc(C)ccc2OC)cc(C(=O)OC)c1. The minimum absolute atomic E-state index is 0.000941. The van der Waals surface area contributed by atoms with Crippen LogP contribution in [0.3, 0.4) is 0 Å². The molecule has 0 aromatic heterocycles. The highest BCUT2D eigenvalue weighted by atomic mass is 32.2. The van der Waals surface area contributed by atoms with Gasteiger partial charge in [-0.15, -0.1) is 0 Å². The zero-order chi connectivity index (χ0) is 28.9. The summed E-state index contributed by atoms with van der Waals surface area (Å²) in [5, 5.41) is 2.58. The smallest absolute Gasteiger partial charge is 0.337 e. The van der Waals surface area contributed by atoms with E-state index in [0.29, 0.717) is 5.56 Å². The number of hydrogen-bond donors (Lipinski definition) is 1. The van der Waals surface area contributed by atoms with Crippen molar-refractivity contribution in [3.8, 4) is 5.75 Å². The van der Waals surface area contributed by atoms with Crippen molar-refractivity contribution in [1.82, 2.24) is 0 Å². The molecular formula is C28H30N2O8S. The summed E-state index contributed by atoms with van der Waals surface area (Å²) in [6.45, 7) is 4.78. The molecule has 3 aromatic rings. The van der Waals surface area contributed by atoms with Gasteiger partial charge in [-0.25, -0.2) is 18.0 Å². The number of nitrogens with zero attached hydrogens (tertiary/aromatic N) is 1. The number of rotatable bonds is 9. The molecule has 10 nitrogen and oxygen atoms in total. The summed E-state index contributed by atoms with van der Waals surface area (Å²) in [5.41, 5.74) is 2.65. The summed E-state index contributed by atoms with van der Waals surface area (Å²) < 4.78 is 43.7. The van der Waals surface area contributed by atoms with Crippen molar-refractivity contribution < 1.29 is 37.0 Å². The van der Waals surface area contributed by atoms with E-state index in [-0.39, 0.29) is 33.1 Å². The molecule has 0 spiro atoms. The number of anilines is 2. The third kappa shape index (κ3) is 6.74. The molecule has 0 heterocycles. The number of ether oxygens (including phenoxy) is 3. The molecule has 1 N–H and O–H groups in total. The maximum absolute atomic E-state index is 14.0. The van der Waals surface area contributed by atoms with Crippen molar-refractivity contribution in [2.24, 2.45) is 0 Å². The molecule has 206 valence electrons. The highest BCUT2D eigenvalue weighted by molar-refractivity contribution is 7.93. The molecule has 0 saturated carbocycles. The summed E-state index contributed by atoms with van der Waals surface area (Å²) >= 11 is 0. The molecule has 0 bridgehead atoms. The second-order valence-corrected chi connectivity index (χ2v) is 10.7. The van der Waals surface area contributed by atoms with E-state index in [0.717, 1.165) is 15.4 Å². The lowest BCUT2D eigenvalue weighted by Gasteiger charge is -2.26. The van der Waals surface area contributed by atoms with Gasteiger partial charge in [-0.1, -0.05) is 12.1 Å². The lowest BCUT2D eigenvalue weighted by atomic mass is 10.1. The van der Waals surface area contributed by atoms with Gasteiger partial charge in [0, 0.05) is 5.69 Å². The van der Waals surface area contributed by atoms with E-state index in [1.54, 1.807) is 31.2 Å². The molecule has 0 aliphatic carbocycles. The monoisotopic (exact) mass is 554 g/mol. The number of amides is 1. The number of hydrogen-bond acceptors (Lipinski definition) is 8. The summed E-state index contributed by atoms with van der Waals surface area (Å²) in [4.78, 5) is 37.4. The van der Waals surface area contributed by atoms with Crippen LogP contribution in [-0.2, 0) is 24.3 Å². The summed E-state index contributed by atoms with van der Waals surface area (Å²) in [5.74, 6) is -2.06. The fraction of sp³-hybridized carbons (Fsp3) is 0.250. The molecule has 0 saturated heterocycles. The molecule has 3 rings (SSSR count). The Balaban J connectivity index is 2.07. The molecule has 0 aliphatic rings. The number of nitrogens with one attached hydrogen (secondary N) is 1. The third-order valence-corrected chi connectivity index (χ3v) is 7.52. The number of carbonyl (C=O) groups excluding carboxylic acids is 3.